The van der Waals surface area contributed by atoms with E-state index in [9.17, 15) is 0 Å². The Morgan fingerprint density at radius 3 is 2.88 bits per heavy atom. The average Bonchev–Trinajstić information content (AvgIpc) is 2.80. The molecule has 0 unspecified atom stereocenters. The van der Waals surface area contributed by atoms with Gasteiger partial charge < -0.3 is 14.2 Å². The molecule has 0 radical (unpaired) electrons. The summed E-state index contributed by atoms with van der Waals surface area (Å²) >= 11 is 1.66. The van der Waals surface area contributed by atoms with Gasteiger partial charge in [-0.3, -0.25) is 0 Å². The van der Waals surface area contributed by atoms with Crippen molar-refractivity contribution in [2.45, 2.75) is 32.0 Å². The van der Waals surface area contributed by atoms with Crippen LogP contribution in [0.15, 0.2) is 5.38 Å². The highest BCUT2D eigenvalue weighted by Crippen LogP contribution is 2.37. The van der Waals surface area contributed by atoms with Crippen molar-refractivity contribution in [2.24, 2.45) is 0 Å². The maximum absolute atomic E-state index is 5.98. The first-order valence-electron chi connectivity index (χ1n) is 5.96. The first kappa shape index (κ1) is 13.0. The lowest BCUT2D eigenvalue weighted by Gasteiger charge is -2.35. The molecule has 5 heteroatoms. The first-order valence-corrected chi connectivity index (χ1v) is 6.84. The van der Waals surface area contributed by atoms with E-state index in [2.05, 4.69) is 10.4 Å². The van der Waals surface area contributed by atoms with E-state index in [1.165, 1.54) is 0 Å². The van der Waals surface area contributed by atoms with Crippen LogP contribution in [0.3, 0.4) is 0 Å². The molecule has 0 N–H and O–H groups in total. The fourth-order valence-electron chi connectivity index (χ4n) is 2.13. The number of hydrogen-bond donors (Lipinski definition) is 0. The van der Waals surface area contributed by atoms with Crippen LogP contribution in [0.2, 0.25) is 0 Å². The molecule has 96 valence electrons. The molecule has 1 aromatic heterocycles. The number of nitrogens with zero attached hydrogens (tertiary/aromatic N) is 1. The maximum atomic E-state index is 5.98. The van der Waals surface area contributed by atoms with Crippen molar-refractivity contribution in [1.82, 2.24) is 4.98 Å². The third-order valence-electron chi connectivity index (χ3n) is 2.95. The van der Waals surface area contributed by atoms with E-state index >= 15 is 0 Å². The van der Waals surface area contributed by atoms with Crippen molar-refractivity contribution >= 4 is 11.3 Å². The van der Waals surface area contributed by atoms with Crippen LogP contribution in [0.1, 0.15) is 30.5 Å². The Labute approximate surface area is 106 Å². The van der Waals surface area contributed by atoms with Crippen LogP contribution in [-0.2, 0) is 26.4 Å². The molecule has 0 saturated carbocycles. The van der Waals surface area contributed by atoms with Crippen molar-refractivity contribution in [3.05, 3.63) is 16.1 Å². The minimum atomic E-state index is -0.232. The standard InChI is InChI=1S/C12H19NO3S/c1-3-16-12(4-6-15-7-5-12)11-13-10(8-14-2)9-17-11/h9H,3-8H2,1-2H3. The highest BCUT2D eigenvalue weighted by molar-refractivity contribution is 7.09. The molecule has 0 atom stereocenters. The molecule has 2 heterocycles. The lowest BCUT2D eigenvalue weighted by molar-refractivity contribution is -0.113. The van der Waals surface area contributed by atoms with Gasteiger partial charge in [-0.25, -0.2) is 4.98 Å². The molecule has 0 amide bonds. The molecule has 1 aliphatic rings. The predicted octanol–water partition coefficient (Wildman–Crippen LogP) is 2.33. The van der Waals surface area contributed by atoms with Crippen LogP contribution in [0.25, 0.3) is 0 Å². The Kier molecular flexibility index (Phi) is 4.50. The second kappa shape index (κ2) is 5.91. The number of ether oxygens (including phenoxy) is 3. The summed E-state index contributed by atoms with van der Waals surface area (Å²) in [4.78, 5) is 4.63. The quantitative estimate of drug-likeness (QED) is 0.811. The van der Waals surface area contributed by atoms with Gasteiger partial charge in [-0.15, -0.1) is 11.3 Å². The number of thiazole rings is 1. The van der Waals surface area contributed by atoms with Gasteiger partial charge in [-0.05, 0) is 6.92 Å². The average molecular weight is 257 g/mol. The third kappa shape index (κ3) is 2.85. The fraction of sp³-hybridized carbons (Fsp3) is 0.750. The van der Waals surface area contributed by atoms with Gasteiger partial charge in [0.1, 0.15) is 10.6 Å². The zero-order chi connectivity index (χ0) is 12.1. The van der Waals surface area contributed by atoms with Crippen molar-refractivity contribution in [1.29, 1.82) is 0 Å². The van der Waals surface area contributed by atoms with Crippen LogP contribution in [0.5, 0.6) is 0 Å². The van der Waals surface area contributed by atoms with Gasteiger partial charge in [-0.1, -0.05) is 0 Å². The lowest BCUT2D eigenvalue weighted by Crippen LogP contribution is -2.36. The van der Waals surface area contributed by atoms with Gasteiger partial charge in [0.25, 0.3) is 0 Å². The number of methoxy groups -OCH3 is 1. The van der Waals surface area contributed by atoms with E-state index in [4.69, 9.17) is 14.2 Å². The van der Waals surface area contributed by atoms with Gasteiger partial charge in [0, 0.05) is 45.2 Å². The molecule has 0 spiro atoms. The number of rotatable bonds is 5. The van der Waals surface area contributed by atoms with Gasteiger partial charge in [-0.2, -0.15) is 0 Å². The van der Waals surface area contributed by atoms with Crippen molar-refractivity contribution < 1.29 is 14.2 Å². The molecular weight excluding hydrogens is 238 g/mol. The Hall–Kier alpha value is -0.490. The predicted molar refractivity (Wildman–Crippen MR) is 66.2 cm³/mol. The molecule has 2 rings (SSSR count). The smallest absolute Gasteiger partial charge is 0.125 e. The second-order valence-corrected chi connectivity index (χ2v) is 4.97. The summed E-state index contributed by atoms with van der Waals surface area (Å²) in [6.07, 6.45) is 1.78. The van der Waals surface area contributed by atoms with Crippen LogP contribution >= 0.6 is 11.3 Å². The van der Waals surface area contributed by atoms with Crippen LogP contribution < -0.4 is 0 Å². The summed E-state index contributed by atoms with van der Waals surface area (Å²) in [6, 6.07) is 0. The molecule has 0 bridgehead atoms. The van der Waals surface area contributed by atoms with Crippen molar-refractivity contribution in [3.8, 4) is 0 Å². The van der Waals surface area contributed by atoms with E-state index in [1.807, 2.05) is 6.92 Å². The maximum Gasteiger partial charge on any atom is 0.125 e. The summed E-state index contributed by atoms with van der Waals surface area (Å²) in [5.41, 5.74) is 0.752. The molecule has 17 heavy (non-hydrogen) atoms. The Morgan fingerprint density at radius 1 is 1.47 bits per heavy atom. The molecule has 4 nitrogen and oxygen atoms in total. The van der Waals surface area contributed by atoms with Crippen LogP contribution in [0, 0.1) is 0 Å². The summed E-state index contributed by atoms with van der Waals surface area (Å²) < 4.78 is 16.5. The molecular formula is C12H19NO3S. The fourth-order valence-corrected chi connectivity index (χ4v) is 3.14. The monoisotopic (exact) mass is 257 g/mol. The largest absolute Gasteiger partial charge is 0.381 e. The number of hydrogen-bond acceptors (Lipinski definition) is 5. The molecule has 1 aliphatic heterocycles. The molecule has 0 aliphatic carbocycles. The van der Waals surface area contributed by atoms with Gasteiger partial charge >= 0.3 is 0 Å². The van der Waals surface area contributed by atoms with E-state index in [0.29, 0.717) is 13.2 Å². The third-order valence-corrected chi connectivity index (χ3v) is 4.03. The molecule has 1 saturated heterocycles. The van der Waals surface area contributed by atoms with Crippen molar-refractivity contribution in [2.75, 3.05) is 26.9 Å². The Bertz CT molecular complexity index is 342. The Balaban J connectivity index is 2.18. The van der Waals surface area contributed by atoms with Crippen molar-refractivity contribution in [3.63, 3.8) is 0 Å². The summed E-state index contributed by atoms with van der Waals surface area (Å²) in [6.45, 7) is 4.80. The summed E-state index contributed by atoms with van der Waals surface area (Å²) in [5, 5.41) is 3.12. The molecule has 1 aromatic rings. The summed E-state index contributed by atoms with van der Waals surface area (Å²) in [5.74, 6) is 0. The van der Waals surface area contributed by atoms with Crippen LogP contribution in [0.4, 0.5) is 0 Å². The minimum absolute atomic E-state index is 0.232. The van der Waals surface area contributed by atoms with Gasteiger partial charge in [0.2, 0.25) is 0 Å². The zero-order valence-electron chi connectivity index (χ0n) is 10.4. The first-order chi connectivity index (χ1) is 8.30. The number of aromatic nitrogens is 1. The van der Waals surface area contributed by atoms with Gasteiger partial charge in [0.15, 0.2) is 0 Å². The normalized spacial score (nSPS) is 19.4. The van der Waals surface area contributed by atoms with E-state index < -0.39 is 0 Å². The summed E-state index contributed by atoms with van der Waals surface area (Å²) in [7, 11) is 1.69. The highest BCUT2D eigenvalue weighted by Gasteiger charge is 2.37. The topological polar surface area (TPSA) is 40.6 Å². The van der Waals surface area contributed by atoms with E-state index in [1.54, 1.807) is 18.4 Å². The molecule has 1 fully saturated rings. The second-order valence-electron chi connectivity index (χ2n) is 4.12. The lowest BCUT2D eigenvalue weighted by atomic mass is 9.95. The van der Waals surface area contributed by atoms with E-state index in [-0.39, 0.29) is 5.60 Å². The van der Waals surface area contributed by atoms with Gasteiger partial charge in [0.05, 0.1) is 12.3 Å². The zero-order valence-corrected chi connectivity index (χ0v) is 11.2. The minimum Gasteiger partial charge on any atom is -0.381 e. The van der Waals surface area contributed by atoms with Crippen LogP contribution in [-0.4, -0.2) is 31.9 Å². The SMILES string of the molecule is CCOC1(c2nc(COC)cs2)CCOCC1. The Morgan fingerprint density at radius 2 is 2.24 bits per heavy atom. The molecule has 0 aromatic carbocycles. The highest BCUT2D eigenvalue weighted by atomic mass is 32.1. The van der Waals surface area contributed by atoms with E-state index in [0.717, 1.165) is 36.8 Å².